The fraction of sp³-hybridized carbons (Fsp3) is 0.926. The summed E-state index contributed by atoms with van der Waals surface area (Å²) < 4.78 is 22.2. The lowest BCUT2D eigenvalue weighted by molar-refractivity contribution is -0.159. The Morgan fingerprint density at radius 2 is 0.909 bits per heavy atom. The van der Waals surface area contributed by atoms with Gasteiger partial charge >= 0.3 is 12.3 Å². The first-order valence-electron chi connectivity index (χ1n) is 13.7. The zero-order valence-corrected chi connectivity index (χ0v) is 20.7. The Kier molecular flexibility index (Phi) is 8.45. The molecule has 0 heterocycles. The molecule has 6 nitrogen and oxygen atoms in total. The van der Waals surface area contributed by atoms with Crippen LogP contribution in [-0.2, 0) is 18.9 Å². The van der Waals surface area contributed by atoms with Crippen LogP contribution in [0, 0.1) is 17.3 Å². The predicted molar refractivity (Wildman–Crippen MR) is 125 cm³/mol. The van der Waals surface area contributed by atoms with E-state index in [0.29, 0.717) is 0 Å². The van der Waals surface area contributed by atoms with Crippen molar-refractivity contribution < 1.29 is 28.5 Å². The molecular weight excluding hydrogens is 420 g/mol. The molecule has 1 spiro atoms. The monoisotopic (exact) mass is 464 g/mol. The summed E-state index contributed by atoms with van der Waals surface area (Å²) >= 11 is 0. The van der Waals surface area contributed by atoms with Crippen molar-refractivity contribution in [2.75, 3.05) is 0 Å². The first-order chi connectivity index (χ1) is 16.0. The second-order valence-electron chi connectivity index (χ2n) is 11.4. The van der Waals surface area contributed by atoms with Crippen molar-refractivity contribution in [2.24, 2.45) is 17.3 Å². The second kappa shape index (κ2) is 11.3. The smallest absolute Gasteiger partial charge is 0.431 e. The van der Waals surface area contributed by atoms with Crippen LogP contribution < -0.4 is 0 Å². The van der Waals surface area contributed by atoms with E-state index in [-0.39, 0.29) is 29.8 Å². The second-order valence-corrected chi connectivity index (χ2v) is 11.4. The van der Waals surface area contributed by atoms with E-state index in [0.717, 1.165) is 88.9 Å². The summed E-state index contributed by atoms with van der Waals surface area (Å²) in [5.74, 6) is 1.59. The molecule has 33 heavy (non-hydrogen) atoms. The van der Waals surface area contributed by atoms with E-state index in [1.54, 1.807) is 0 Å². The van der Waals surface area contributed by atoms with Crippen LogP contribution in [0.3, 0.4) is 0 Å². The van der Waals surface area contributed by atoms with Crippen LogP contribution in [0.25, 0.3) is 0 Å². The first kappa shape index (κ1) is 24.7. The summed E-state index contributed by atoms with van der Waals surface area (Å²) in [4.78, 5) is 24.3. The quantitative estimate of drug-likeness (QED) is 0.350. The molecule has 4 aliphatic carbocycles. The lowest BCUT2D eigenvalue weighted by Crippen LogP contribution is -2.54. The maximum absolute atomic E-state index is 12.2. The van der Waals surface area contributed by atoms with Crippen molar-refractivity contribution in [3.8, 4) is 0 Å². The molecule has 4 rings (SSSR count). The van der Waals surface area contributed by atoms with Crippen LogP contribution in [0.1, 0.15) is 117 Å². The third kappa shape index (κ3) is 6.79. The molecule has 0 N–H and O–H groups in total. The molecule has 0 amide bonds. The highest BCUT2D eigenvalue weighted by Gasteiger charge is 2.56. The molecule has 4 fully saturated rings. The minimum absolute atomic E-state index is 0.0221. The largest absolute Gasteiger partial charge is 0.508 e. The van der Waals surface area contributed by atoms with Crippen molar-refractivity contribution in [2.45, 2.75) is 141 Å². The number of hydrogen-bond acceptors (Lipinski definition) is 6. The number of carbonyl (C=O) groups excluding carboxylic acids is 2. The van der Waals surface area contributed by atoms with Gasteiger partial charge in [0.2, 0.25) is 0 Å². The van der Waals surface area contributed by atoms with Crippen molar-refractivity contribution in [3.63, 3.8) is 0 Å². The lowest BCUT2D eigenvalue weighted by Gasteiger charge is -2.55. The van der Waals surface area contributed by atoms with Gasteiger partial charge in [-0.1, -0.05) is 39.5 Å². The molecule has 4 saturated carbocycles. The third-order valence-corrected chi connectivity index (χ3v) is 8.68. The van der Waals surface area contributed by atoms with Crippen molar-refractivity contribution in [3.05, 3.63) is 0 Å². The van der Waals surface area contributed by atoms with Gasteiger partial charge in [-0.15, -0.1) is 0 Å². The molecule has 0 saturated heterocycles. The Hall–Kier alpha value is -1.46. The summed E-state index contributed by atoms with van der Waals surface area (Å²) in [5.41, 5.74) is 0.173. The molecule has 0 unspecified atom stereocenters. The molecule has 4 aliphatic rings. The van der Waals surface area contributed by atoms with Gasteiger partial charge in [0, 0.05) is 0 Å². The Balaban J connectivity index is 1.05. The summed E-state index contributed by atoms with van der Waals surface area (Å²) in [5, 5.41) is 0. The van der Waals surface area contributed by atoms with Gasteiger partial charge in [-0.2, -0.15) is 0 Å². The molecule has 0 atom stereocenters. The molecule has 6 heteroatoms. The minimum Gasteiger partial charge on any atom is -0.431 e. The van der Waals surface area contributed by atoms with Crippen LogP contribution in [0.5, 0.6) is 0 Å². The molecule has 0 radical (unpaired) electrons. The van der Waals surface area contributed by atoms with Gasteiger partial charge in [-0.25, -0.2) is 9.59 Å². The SMILES string of the molecule is CCCC1CCC(OC(=O)OC2CC3(C2)CC(OC(=O)OC2CCC(CCC)CC2)C3)CC1. The average Bonchev–Trinajstić information content (AvgIpc) is 2.74. The van der Waals surface area contributed by atoms with Crippen molar-refractivity contribution >= 4 is 12.3 Å². The Labute approximate surface area is 199 Å². The number of ether oxygens (including phenoxy) is 4. The van der Waals surface area contributed by atoms with E-state index in [4.69, 9.17) is 18.9 Å². The number of rotatable bonds is 8. The van der Waals surface area contributed by atoms with E-state index in [2.05, 4.69) is 13.8 Å². The highest BCUT2D eigenvalue weighted by Crippen LogP contribution is 2.57. The fourth-order valence-electron chi connectivity index (χ4n) is 6.81. The van der Waals surface area contributed by atoms with Crippen LogP contribution in [0.4, 0.5) is 9.59 Å². The number of carbonyl (C=O) groups is 2. The lowest BCUT2D eigenvalue weighted by atomic mass is 9.53. The fourth-order valence-corrected chi connectivity index (χ4v) is 6.81. The van der Waals surface area contributed by atoms with Gasteiger partial charge in [0.1, 0.15) is 24.4 Å². The molecule has 0 aromatic carbocycles. The summed E-state index contributed by atoms with van der Waals surface area (Å²) in [6, 6.07) is 0. The topological polar surface area (TPSA) is 71.1 Å². The molecule has 0 aromatic heterocycles. The predicted octanol–water partition coefficient (Wildman–Crippen LogP) is 7.32. The van der Waals surface area contributed by atoms with Gasteiger partial charge in [0.15, 0.2) is 0 Å². The molecule has 188 valence electrons. The minimum atomic E-state index is -0.502. The summed E-state index contributed by atoms with van der Waals surface area (Å²) in [6.45, 7) is 4.46. The molecule has 0 bridgehead atoms. The highest BCUT2D eigenvalue weighted by molar-refractivity contribution is 5.61. The highest BCUT2D eigenvalue weighted by atomic mass is 16.7. The van der Waals surface area contributed by atoms with Crippen LogP contribution in [0.15, 0.2) is 0 Å². The van der Waals surface area contributed by atoms with Crippen LogP contribution in [0.2, 0.25) is 0 Å². The zero-order chi connectivity index (χ0) is 23.3. The Bertz CT molecular complexity index is 575. The van der Waals surface area contributed by atoms with E-state index in [9.17, 15) is 9.59 Å². The molecule has 0 aromatic rings. The standard InChI is InChI=1S/C27H44O6/c1-3-5-19-7-11-21(12-8-19)30-25(28)32-23-15-27(16-23)17-24(18-27)33-26(29)31-22-13-9-20(6-4-2)10-14-22/h19-24H,3-18H2,1-2H3. The van der Waals surface area contributed by atoms with Gasteiger partial charge in [-0.05, 0) is 94.3 Å². The van der Waals surface area contributed by atoms with Crippen molar-refractivity contribution in [1.29, 1.82) is 0 Å². The summed E-state index contributed by atoms with van der Waals surface area (Å²) in [6.07, 6.45) is 15.8. The summed E-state index contributed by atoms with van der Waals surface area (Å²) in [7, 11) is 0. The van der Waals surface area contributed by atoms with E-state index in [1.807, 2.05) is 0 Å². The van der Waals surface area contributed by atoms with Gasteiger partial charge < -0.3 is 18.9 Å². The Morgan fingerprint density at radius 3 is 1.24 bits per heavy atom. The van der Waals surface area contributed by atoms with Gasteiger partial charge in [-0.3, -0.25) is 0 Å². The van der Waals surface area contributed by atoms with E-state index >= 15 is 0 Å². The van der Waals surface area contributed by atoms with E-state index in [1.165, 1.54) is 25.7 Å². The average molecular weight is 465 g/mol. The molecule has 0 aliphatic heterocycles. The van der Waals surface area contributed by atoms with Crippen LogP contribution >= 0.6 is 0 Å². The van der Waals surface area contributed by atoms with Crippen LogP contribution in [-0.4, -0.2) is 36.7 Å². The zero-order valence-electron chi connectivity index (χ0n) is 20.7. The van der Waals surface area contributed by atoms with Crippen molar-refractivity contribution in [1.82, 2.24) is 0 Å². The first-order valence-corrected chi connectivity index (χ1v) is 13.7. The maximum atomic E-state index is 12.2. The molecular formula is C27H44O6. The van der Waals surface area contributed by atoms with E-state index < -0.39 is 12.3 Å². The normalized spacial score (nSPS) is 38.0. The number of hydrogen-bond donors (Lipinski definition) is 0. The third-order valence-electron chi connectivity index (χ3n) is 8.68. The van der Waals surface area contributed by atoms with Gasteiger partial charge in [0.05, 0.1) is 0 Å². The maximum Gasteiger partial charge on any atom is 0.508 e. The Morgan fingerprint density at radius 1 is 0.576 bits per heavy atom. The van der Waals surface area contributed by atoms with Gasteiger partial charge in [0.25, 0.3) is 0 Å².